The van der Waals surface area contributed by atoms with Gasteiger partial charge in [0, 0.05) is 13.0 Å². The van der Waals surface area contributed by atoms with E-state index >= 15 is 0 Å². The first-order valence-corrected chi connectivity index (χ1v) is 6.13. The molecule has 4 atom stereocenters. The Balaban J connectivity index is 2.20. The van der Waals surface area contributed by atoms with Crippen molar-refractivity contribution >= 4 is 0 Å². The summed E-state index contributed by atoms with van der Waals surface area (Å²) in [4.78, 5) is 0. The monoisotopic (exact) mass is 249 g/mol. The third-order valence-corrected chi connectivity index (χ3v) is 2.87. The Morgan fingerprint density at radius 3 is 2.65 bits per heavy atom. The highest BCUT2D eigenvalue weighted by Crippen LogP contribution is 2.21. The second-order valence-corrected chi connectivity index (χ2v) is 4.30. The molecule has 0 aliphatic carbocycles. The molecule has 1 aliphatic rings. The predicted octanol–water partition coefficient (Wildman–Crippen LogP) is -1.04. The second kappa shape index (κ2) is 7.97. The van der Waals surface area contributed by atoms with E-state index in [4.69, 9.17) is 20.3 Å². The van der Waals surface area contributed by atoms with Gasteiger partial charge in [-0.2, -0.15) is 0 Å². The molecule has 17 heavy (non-hydrogen) atoms. The molecule has 0 amide bonds. The quantitative estimate of drug-likeness (QED) is 0.430. The van der Waals surface area contributed by atoms with E-state index in [1.54, 1.807) is 0 Å². The summed E-state index contributed by atoms with van der Waals surface area (Å²) in [6.07, 6.45) is -0.190. The van der Waals surface area contributed by atoms with Crippen LogP contribution in [0.25, 0.3) is 0 Å². The molecule has 1 fully saturated rings. The fourth-order valence-corrected chi connectivity index (χ4v) is 1.81. The number of aliphatic hydroxyl groups excluding tert-OH is 3. The van der Waals surface area contributed by atoms with E-state index in [0.29, 0.717) is 13.2 Å². The van der Waals surface area contributed by atoms with Crippen LogP contribution in [0.3, 0.4) is 0 Å². The van der Waals surface area contributed by atoms with Crippen LogP contribution in [0, 0.1) is 0 Å². The molecule has 5 N–H and O–H groups in total. The van der Waals surface area contributed by atoms with Gasteiger partial charge in [0.1, 0.15) is 12.2 Å². The van der Waals surface area contributed by atoms with Crippen LogP contribution in [-0.2, 0) is 9.47 Å². The molecule has 0 aromatic rings. The number of nitrogens with two attached hydrogens (primary N) is 1. The molecule has 1 heterocycles. The summed E-state index contributed by atoms with van der Waals surface area (Å²) in [5.41, 5.74) is 5.37. The summed E-state index contributed by atoms with van der Waals surface area (Å²) in [6.45, 7) is 0.883. The standard InChI is InChI=1S/C11H23NO5/c12-4-2-1-3-5-16-10-6-8(14)11(15)9(7-13)17-10/h8-11,13-15H,1-7,12H2/t8-,9-,10-,11-/m1/s1. The molecule has 0 aromatic carbocycles. The van der Waals surface area contributed by atoms with Crippen molar-refractivity contribution < 1.29 is 24.8 Å². The van der Waals surface area contributed by atoms with Gasteiger partial charge in [0.2, 0.25) is 0 Å². The van der Waals surface area contributed by atoms with Crippen molar-refractivity contribution in [3.63, 3.8) is 0 Å². The average Bonchev–Trinajstić information content (AvgIpc) is 2.33. The zero-order valence-corrected chi connectivity index (χ0v) is 9.99. The minimum absolute atomic E-state index is 0.231. The number of hydrogen-bond donors (Lipinski definition) is 4. The topological polar surface area (TPSA) is 105 Å². The number of hydrogen-bond acceptors (Lipinski definition) is 6. The van der Waals surface area contributed by atoms with Crippen molar-refractivity contribution in [2.24, 2.45) is 5.73 Å². The van der Waals surface area contributed by atoms with Crippen LogP contribution in [0.5, 0.6) is 0 Å². The van der Waals surface area contributed by atoms with Crippen molar-refractivity contribution in [1.82, 2.24) is 0 Å². The van der Waals surface area contributed by atoms with E-state index in [1.165, 1.54) is 0 Å². The summed E-state index contributed by atoms with van der Waals surface area (Å²) in [5, 5.41) is 28.0. The van der Waals surface area contributed by atoms with E-state index in [2.05, 4.69) is 0 Å². The molecule has 6 nitrogen and oxygen atoms in total. The van der Waals surface area contributed by atoms with Gasteiger partial charge in [-0.3, -0.25) is 0 Å². The van der Waals surface area contributed by atoms with E-state index in [9.17, 15) is 10.2 Å². The zero-order chi connectivity index (χ0) is 12.7. The van der Waals surface area contributed by atoms with Crippen LogP contribution >= 0.6 is 0 Å². The maximum atomic E-state index is 9.55. The van der Waals surface area contributed by atoms with Gasteiger partial charge in [0.25, 0.3) is 0 Å². The Morgan fingerprint density at radius 1 is 1.24 bits per heavy atom. The lowest BCUT2D eigenvalue weighted by atomic mass is 10.0. The molecule has 0 saturated carbocycles. The maximum absolute atomic E-state index is 9.55. The van der Waals surface area contributed by atoms with Gasteiger partial charge in [-0.15, -0.1) is 0 Å². The van der Waals surface area contributed by atoms with Crippen LogP contribution in [0.2, 0.25) is 0 Å². The zero-order valence-electron chi connectivity index (χ0n) is 9.99. The van der Waals surface area contributed by atoms with E-state index in [-0.39, 0.29) is 13.0 Å². The van der Waals surface area contributed by atoms with Crippen LogP contribution in [0.4, 0.5) is 0 Å². The first kappa shape index (κ1) is 14.8. The highest BCUT2D eigenvalue weighted by Gasteiger charge is 2.36. The SMILES string of the molecule is NCCCCCO[C@H]1C[C@@H](O)[C@@H](O)[C@@H](CO)O1. The molecule has 6 heteroatoms. The fourth-order valence-electron chi connectivity index (χ4n) is 1.81. The van der Waals surface area contributed by atoms with Crippen molar-refractivity contribution in [2.45, 2.75) is 50.3 Å². The predicted molar refractivity (Wildman–Crippen MR) is 61.2 cm³/mol. The van der Waals surface area contributed by atoms with Gasteiger partial charge in [0.15, 0.2) is 6.29 Å². The number of rotatable bonds is 7. The van der Waals surface area contributed by atoms with Gasteiger partial charge in [-0.1, -0.05) is 0 Å². The molecule has 0 spiro atoms. The van der Waals surface area contributed by atoms with Gasteiger partial charge >= 0.3 is 0 Å². The normalized spacial score (nSPS) is 33.9. The highest BCUT2D eigenvalue weighted by molar-refractivity contribution is 4.82. The van der Waals surface area contributed by atoms with Gasteiger partial charge in [0.05, 0.1) is 12.7 Å². The minimum atomic E-state index is -1.04. The van der Waals surface area contributed by atoms with Crippen molar-refractivity contribution in [1.29, 1.82) is 0 Å². The first-order chi connectivity index (χ1) is 8.19. The van der Waals surface area contributed by atoms with Crippen LogP contribution < -0.4 is 5.73 Å². The van der Waals surface area contributed by atoms with Gasteiger partial charge in [-0.05, 0) is 25.8 Å². The van der Waals surface area contributed by atoms with Crippen molar-refractivity contribution in [3.8, 4) is 0 Å². The smallest absolute Gasteiger partial charge is 0.160 e. The van der Waals surface area contributed by atoms with Crippen LogP contribution in [0.15, 0.2) is 0 Å². The summed E-state index contributed by atoms with van der Waals surface area (Å²) >= 11 is 0. The molecule has 102 valence electrons. The lowest BCUT2D eigenvalue weighted by Gasteiger charge is -2.36. The summed E-state index contributed by atoms with van der Waals surface area (Å²) in [5.74, 6) is 0. The number of ether oxygens (including phenoxy) is 2. The Morgan fingerprint density at radius 2 is 2.00 bits per heavy atom. The summed E-state index contributed by atoms with van der Waals surface area (Å²) in [6, 6.07) is 0. The summed E-state index contributed by atoms with van der Waals surface area (Å²) in [7, 11) is 0. The molecular formula is C11H23NO5. The largest absolute Gasteiger partial charge is 0.394 e. The molecule has 0 radical (unpaired) electrons. The molecule has 0 bridgehead atoms. The highest BCUT2D eigenvalue weighted by atomic mass is 16.7. The lowest BCUT2D eigenvalue weighted by molar-refractivity contribution is -0.256. The Labute approximate surface area is 101 Å². The van der Waals surface area contributed by atoms with Gasteiger partial charge in [-0.25, -0.2) is 0 Å². The maximum Gasteiger partial charge on any atom is 0.160 e. The third-order valence-electron chi connectivity index (χ3n) is 2.87. The van der Waals surface area contributed by atoms with E-state index in [0.717, 1.165) is 19.3 Å². The third kappa shape index (κ3) is 4.87. The molecule has 1 saturated heterocycles. The van der Waals surface area contributed by atoms with E-state index < -0.39 is 24.6 Å². The Kier molecular flexibility index (Phi) is 6.94. The van der Waals surface area contributed by atoms with Gasteiger partial charge < -0.3 is 30.5 Å². The number of aliphatic hydroxyl groups is 3. The average molecular weight is 249 g/mol. The minimum Gasteiger partial charge on any atom is -0.394 e. The van der Waals surface area contributed by atoms with Crippen molar-refractivity contribution in [2.75, 3.05) is 19.8 Å². The molecule has 1 aliphatic heterocycles. The summed E-state index contributed by atoms with van der Waals surface area (Å²) < 4.78 is 10.8. The van der Waals surface area contributed by atoms with Crippen LogP contribution in [0.1, 0.15) is 25.7 Å². The molecule has 0 aromatic heterocycles. The molecule has 0 unspecified atom stereocenters. The Hall–Kier alpha value is -0.240. The van der Waals surface area contributed by atoms with Crippen molar-refractivity contribution in [3.05, 3.63) is 0 Å². The Bertz CT molecular complexity index is 204. The second-order valence-electron chi connectivity index (χ2n) is 4.30. The fraction of sp³-hybridized carbons (Fsp3) is 1.00. The van der Waals surface area contributed by atoms with Crippen LogP contribution in [-0.4, -0.2) is 59.7 Å². The lowest BCUT2D eigenvalue weighted by Crippen LogP contribution is -2.50. The van der Waals surface area contributed by atoms with E-state index in [1.807, 2.05) is 0 Å². The number of unbranched alkanes of at least 4 members (excludes halogenated alkanes) is 2. The molecule has 1 rings (SSSR count). The molecular weight excluding hydrogens is 226 g/mol. The first-order valence-electron chi connectivity index (χ1n) is 6.13.